The van der Waals surface area contributed by atoms with Crippen molar-refractivity contribution in [2.24, 2.45) is 0 Å². The second-order valence-corrected chi connectivity index (χ2v) is 16.5. The van der Waals surface area contributed by atoms with Crippen LogP contribution in [0.1, 0.15) is 51.3 Å². The zero-order valence-corrected chi connectivity index (χ0v) is 34.6. The van der Waals surface area contributed by atoms with Gasteiger partial charge in [0.05, 0.1) is 22.4 Å². The second-order valence-electron chi connectivity index (χ2n) is 16.5. The summed E-state index contributed by atoms with van der Waals surface area (Å²) in [6, 6.07) is 54.6. The van der Waals surface area contributed by atoms with E-state index in [1.807, 2.05) is 24.4 Å². The first kappa shape index (κ1) is 35.5. The van der Waals surface area contributed by atoms with E-state index in [0.717, 1.165) is 50.9 Å². The monoisotopic (exact) mass is 918 g/mol. The van der Waals surface area contributed by atoms with Crippen molar-refractivity contribution >= 4 is 46.4 Å². The molecule has 280 valence electrons. The Morgan fingerprint density at radius 3 is 2.28 bits per heavy atom. The summed E-state index contributed by atoms with van der Waals surface area (Å²) in [5.41, 5.74) is 14.1. The van der Waals surface area contributed by atoms with Crippen molar-refractivity contribution in [1.29, 1.82) is 0 Å². The number of aromatic nitrogens is 3. The minimum absolute atomic E-state index is 0. The molecule has 0 unspecified atom stereocenters. The van der Waals surface area contributed by atoms with Gasteiger partial charge in [0.1, 0.15) is 5.82 Å². The van der Waals surface area contributed by atoms with Gasteiger partial charge >= 0.3 is 6.98 Å². The van der Waals surface area contributed by atoms with Gasteiger partial charge in [-0.15, -0.1) is 41.5 Å². The number of para-hydroxylation sites is 3. The largest absolute Gasteiger partial charge is 0.510 e. The van der Waals surface area contributed by atoms with Gasteiger partial charge in [0.2, 0.25) is 0 Å². The molecule has 0 radical (unpaired) electrons. The minimum Gasteiger partial charge on any atom is -0.510 e. The van der Waals surface area contributed by atoms with Crippen molar-refractivity contribution in [2.75, 3.05) is 9.62 Å². The fourth-order valence-electron chi connectivity index (χ4n) is 8.99. The van der Waals surface area contributed by atoms with E-state index in [4.69, 9.17) is 9.72 Å². The molecule has 8 heteroatoms. The van der Waals surface area contributed by atoms with Crippen molar-refractivity contribution in [3.8, 4) is 34.0 Å². The Kier molecular flexibility index (Phi) is 7.98. The van der Waals surface area contributed by atoms with E-state index < -0.39 is 0 Å². The molecule has 3 aliphatic rings. The number of ether oxygens (including phenoxy) is 1. The van der Waals surface area contributed by atoms with Crippen LogP contribution in [0, 0.1) is 18.5 Å². The van der Waals surface area contributed by atoms with Crippen LogP contribution in [0.25, 0.3) is 33.5 Å². The number of rotatable bonds is 4. The molecule has 0 saturated heterocycles. The van der Waals surface area contributed by atoms with Gasteiger partial charge in [-0.25, -0.2) is 4.98 Å². The van der Waals surface area contributed by atoms with Crippen LogP contribution in [0.3, 0.4) is 0 Å². The molecule has 0 amide bonds. The molecule has 2 aromatic heterocycles. The predicted molar refractivity (Wildman–Crippen MR) is 224 cm³/mol. The van der Waals surface area contributed by atoms with Crippen LogP contribution >= 0.6 is 0 Å². The van der Waals surface area contributed by atoms with Crippen LogP contribution in [-0.4, -0.2) is 16.5 Å². The molecule has 0 N–H and O–H groups in total. The van der Waals surface area contributed by atoms with Gasteiger partial charge in [0.25, 0.3) is 6.33 Å². The fourth-order valence-corrected chi connectivity index (χ4v) is 8.99. The number of benzene rings is 6. The van der Waals surface area contributed by atoms with Crippen molar-refractivity contribution in [2.45, 2.75) is 45.4 Å². The smallest absolute Gasteiger partial charge is 0.420 e. The van der Waals surface area contributed by atoms with Crippen LogP contribution in [0.5, 0.6) is 11.5 Å². The maximum Gasteiger partial charge on any atom is 0.420 e. The zero-order valence-electron chi connectivity index (χ0n) is 32.3. The first-order valence-electron chi connectivity index (χ1n) is 19.3. The molecular weight excluding hydrogens is 880 g/mol. The summed E-state index contributed by atoms with van der Waals surface area (Å²) in [5.74, 6) is 2.13. The molecule has 0 saturated carbocycles. The molecule has 11 rings (SSSR count). The van der Waals surface area contributed by atoms with E-state index in [0.29, 0.717) is 11.5 Å². The summed E-state index contributed by atoms with van der Waals surface area (Å²) < 4.78 is 11.2. The molecule has 5 heterocycles. The predicted octanol–water partition coefficient (Wildman–Crippen LogP) is 10.1. The van der Waals surface area contributed by atoms with Crippen molar-refractivity contribution in [3.63, 3.8) is 0 Å². The second kappa shape index (κ2) is 12.8. The first-order chi connectivity index (χ1) is 27.2. The number of pyridine rings is 1. The van der Waals surface area contributed by atoms with Crippen LogP contribution in [0.2, 0.25) is 0 Å². The molecule has 3 aliphatic heterocycles. The SMILES string of the molecule is CC(C)(C)c1cc(Oc2[c-]c3c(cc2)C(C)(C)c2cccc4c2n-3[c-][n+]4-c2ccccc2)[c-]c(N2B3c4ccccc4-c4ccccc4N3c3cccnc32)c1.[Pt]. The number of anilines is 4. The molecule has 0 spiro atoms. The Hall–Kier alpha value is -5.91. The van der Waals surface area contributed by atoms with Gasteiger partial charge in [-0.05, 0) is 63.4 Å². The summed E-state index contributed by atoms with van der Waals surface area (Å²) in [4.78, 5) is 9.78. The number of imidazole rings is 1. The maximum absolute atomic E-state index is 6.87. The third kappa shape index (κ3) is 5.28. The Labute approximate surface area is 348 Å². The van der Waals surface area contributed by atoms with Gasteiger partial charge in [0, 0.05) is 50.0 Å². The van der Waals surface area contributed by atoms with Gasteiger partial charge in [-0.3, -0.25) is 4.57 Å². The fraction of sp³-hybridized carbons (Fsp3) is 0.143. The number of nitrogens with zero attached hydrogens (tertiary/aromatic N) is 5. The van der Waals surface area contributed by atoms with Crippen molar-refractivity contribution in [3.05, 3.63) is 175 Å². The normalized spacial score (nSPS) is 14.3. The standard InChI is InChI=1S/C49H38BN5O.Pt/c1-48(2,3)32-27-34(54-47-44(23-14-26-51-47)55-42-21-12-10-18-38(42)37-17-9-11-20-41(37)50(54)55)29-36(28-32)56-35-24-25-39-45(30-35)53-31-52(33-15-7-6-8-16-33)43-22-13-19-40(46(43)53)49(39,4)5;/h6-28H,1-5H3;/q-2;. The molecule has 0 bridgehead atoms. The molecule has 0 atom stereocenters. The van der Waals surface area contributed by atoms with Crippen molar-refractivity contribution in [1.82, 2.24) is 9.55 Å². The molecule has 0 fully saturated rings. The topological polar surface area (TPSA) is 37.4 Å². The molecule has 6 nitrogen and oxygen atoms in total. The average Bonchev–Trinajstić information content (AvgIpc) is 3.78. The first-order valence-corrected chi connectivity index (χ1v) is 19.3. The Balaban J connectivity index is 0.00000396. The summed E-state index contributed by atoms with van der Waals surface area (Å²) in [6.07, 6.45) is 5.56. The average molecular weight is 919 g/mol. The van der Waals surface area contributed by atoms with Crippen LogP contribution in [-0.2, 0) is 31.9 Å². The summed E-state index contributed by atoms with van der Waals surface area (Å²) in [5, 5.41) is 0. The van der Waals surface area contributed by atoms with Gasteiger partial charge in [-0.1, -0.05) is 119 Å². The Morgan fingerprint density at radius 2 is 1.46 bits per heavy atom. The van der Waals surface area contributed by atoms with Gasteiger partial charge in [0.15, 0.2) is 0 Å². The van der Waals surface area contributed by atoms with E-state index in [2.05, 4.69) is 187 Å². The van der Waals surface area contributed by atoms with Crippen LogP contribution in [0.15, 0.2) is 140 Å². The van der Waals surface area contributed by atoms with Crippen molar-refractivity contribution < 1.29 is 30.4 Å². The van der Waals surface area contributed by atoms with E-state index in [1.165, 1.54) is 27.7 Å². The zero-order chi connectivity index (χ0) is 37.9. The van der Waals surface area contributed by atoms with Gasteiger partial charge < -0.3 is 18.9 Å². The molecular formula is C49H38BN5OPt-2. The maximum atomic E-state index is 6.87. The third-order valence-corrected chi connectivity index (χ3v) is 11.8. The number of fused-ring (bicyclic) bond motifs is 10. The molecule has 0 aliphatic carbocycles. The third-order valence-electron chi connectivity index (χ3n) is 11.8. The summed E-state index contributed by atoms with van der Waals surface area (Å²) in [7, 11) is 0. The Bertz CT molecular complexity index is 2900. The van der Waals surface area contributed by atoms with Crippen LogP contribution in [0.4, 0.5) is 22.9 Å². The summed E-state index contributed by atoms with van der Waals surface area (Å²) >= 11 is 0. The number of hydrogen-bond donors (Lipinski definition) is 0. The van der Waals surface area contributed by atoms with E-state index >= 15 is 0 Å². The minimum atomic E-state index is -0.261. The molecule has 8 aromatic rings. The van der Waals surface area contributed by atoms with E-state index in [1.54, 1.807) is 0 Å². The molecule has 57 heavy (non-hydrogen) atoms. The quantitative estimate of drug-likeness (QED) is 0.100. The van der Waals surface area contributed by atoms with Gasteiger partial charge in [-0.2, -0.15) is 6.07 Å². The Morgan fingerprint density at radius 1 is 0.702 bits per heavy atom. The number of hydrogen-bond acceptors (Lipinski definition) is 4. The van der Waals surface area contributed by atoms with Crippen LogP contribution < -0.4 is 24.4 Å². The van der Waals surface area contributed by atoms with E-state index in [9.17, 15) is 0 Å². The molecule has 6 aromatic carbocycles. The van der Waals surface area contributed by atoms with E-state index in [-0.39, 0.29) is 38.9 Å². The summed E-state index contributed by atoms with van der Waals surface area (Å²) in [6.45, 7) is 11.1.